The Bertz CT molecular complexity index is 1170. The van der Waals surface area contributed by atoms with Gasteiger partial charge in [0.05, 0.1) is 23.9 Å². The van der Waals surface area contributed by atoms with E-state index >= 15 is 0 Å². The predicted octanol–water partition coefficient (Wildman–Crippen LogP) is 4.79. The lowest BCUT2D eigenvalue weighted by atomic mass is 10.00. The highest BCUT2D eigenvalue weighted by molar-refractivity contribution is 6.00. The van der Waals surface area contributed by atoms with Crippen molar-refractivity contribution in [2.24, 2.45) is 0 Å². The summed E-state index contributed by atoms with van der Waals surface area (Å²) < 4.78 is 7.49. The molecule has 5 rings (SSSR count). The molecule has 0 saturated heterocycles. The number of hydrogen-bond donors (Lipinski definition) is 1. The van der Waals surface area contributed by atoms with Gasteiger partial charge in [-0.3, -0.25) is 4.79 Å². The lowest BCUT2D eigenvalue weighted by molar-refractivity contribution is 0.0925. The summed E-state index contributed by atoms with van der Waals surface area (Å²) in [5.41, 5.74) is 4.04. The fraction of sp³-hybridized carbons (Fsp3) is 0.120. The highest BCUT2D eigenvalue weighted by atomic mass is 16.5. The van der Waals surface area contributed by atoms with E-state index in [9.17, 15) is 4.79 Å². The van der Waals surface area contributed by atoms with Crippen molar-refractivity contribution in [1.82, 2.24) is 15.1 Å². The Balaban J connectivity index is 1.52. The third-order valence-corrected chi connectivity index (χ3v) is 5.29. The number of fused-ring (bicyclic) bond motifs is 1. The Morgan fingerprint density at radius 3 is 2.43 bits per heavy atom. The minimum Gasteiger partial charge on any atom is -0.493 e. The summed E-state index contributed by atoms with van der Waals surface area (Å²) in [4.78, 5) is 13.4. The number of benzene rings is 3. The molecule has 0 bridgehead atoms. The first-order chi connectivity index (χ1) is 14.8. The molecule has 0 saturated carbocycles. The lowest BCUT2D eigenvalue weighted by Gasteiger charge is -2.26. The number of carbonyl (C=O) groups is 1. The van der Waals surface area contributed by atoms with E-state index in [4.69, 9.17) is 9.84 Å². The van der Waals surface area contributed by atoms with Gasteiger partial charge in [-0.05, 0) is 18.2 Å². The quantitative estimate of drug-likeness (QED) is 0.540. The zero-order chi connectivity index (χ0) is 20.3. The second-order valence-corrected chi connectivity index (χ2v) is 7.24. The predicted molar refractivity (Wildman–Crippen MR) is 116 cm³/mol. The summed E-state index contributed by atoms with van der Waals surface area (Å²) >= 11 is 0. The van der Waals surface area contributed by atoms with Crippen molar-refractivity contribution in [2.45, 2.75) is 12.5 Å². The molecule has 0 spiro atoms. The molecule has 2 heterocycles. The molecule has 1 aromatic heterocycles. The number of nitrogens with zero attached hydrogens (tertiary/aromatic N) is 2. The molecule has 0 aliphatic carbocycles. The largest absolute Gasteiger partial charge is 0.493 e. The summed E-state index contributed by atoms with van der Waals surface area (Å²) in [6.07, 6.45) is 2.54. The van der Waals surface area contributed by atoms with E-state index in [1.165, 1.54) is 0 Å². The summed E-state index contributed by atoms with van der Waals surface area (Å²) in [5, 5.41) is 7.93. The Hall–Kier alpha value is -3.86. The smallest absolute Gasteiger partial charge is 0.255 e. The lowest BCUT2D eigenvalue weighted by Crippen LogP contribution is -2.32. The van der Waals surface area contributed by atoms with Gasteiger partial charge in [0.2, 0.25) is 0 Å². The number of amides is 1. The van der Waals surface area contributed by atoms with Crippen molar-refractivity contribution >= 4 is 5.91 Å². The van der Waals surface area contributed by atoms with E-state index < -0.39 is 0 Å². The van der Waals surface area contributed by atoms with Gasteiger partial charge in [-0.15, -0.1) is 0 Å². The molecule has 1 aliphatic heterocycles. The number of carbonyl (C=O) groups excluding carboxylic acids is 1. The zero-order valence-corrected chi connectivity index (χ0v) is 16.4. The van der Waals surface area contributed by atoms with Crippen LogP contribution in [0.25, 0.3) is 16.9 Å². The van der Waals surface area contributed by atoms with Crippen LogP contribution in [0.1, 0.15) is 28.4 Å². The van der Waals surface area contributed by atoms with E-state index in [0.717, 1.165) is 29.0 Å². The Morgan fingerprint density at radius 1 is 0.933 bits per heavy atom. The highest BCUT2D eigenvalue weighted by Crippen LogP contribution is 2.32. The maximum absolute atomic E-state index is 13.4. The third-order valence-electron chi connectivity index (χ3n) is 5.29. The van der Waals surface area contributed by atoms with Gasteiger partial charge < -0.3 is 10.1 Å². The van der Waals surface area contributed by atoms with Crippen LogP contribution in [-0.4, -0.2) is 22.3 Å². The average Bonchev–Trinajstić information content (AvgIpc) is 3.26. The Morgan fingerprint density at radius 2 is 1.63 bits per heavy atom. The normalized spacial score (nSPS) is 15.1. The summed E-state index contributed by atoms with van der Waals surface area (Å²) in [5.74, 6) is 0.690. The summed E-state index contributed by atoms with van der Waals surface area (Å²) in [6.45, 7) is 0.580. The summed E-state index contributed by atoms with van der Waals surface area (Å²) in [7, 11) is 0. The first-order valence-corrected chi connectivity index (χ1v) is 10.0. The standard InChI is InChI=1S/C25H21N3O2/c29-25(26-22-15-16-30-23-14-8-7-13-20(22)23)21-17-28(19-11-5-2-6-12-19)27-24(21)18-9-3-1-4-10-18/h1-14,17,22H,15-16H2,(H,26,29)/t22-/m1/s1. The summed E-state index contributed by atoms with van der Waals surface area (Å²) in [6, 6.07) is 27.4. The van der Waals surface area contributed by atoms with Crippen LogP contribution in [0.2, 0.25) is 0 Å². The van der Waals surface area contributed by atoms with Crippen LogP contribution in [-0.2, 0) is 0 Å². The van der Waals surface area contributed by atoms with Crippen LogP contribution in [0.15, 0.2) is 91.1 Å². The van der Waals surface area contributed by atoms with Gasteiger partial charge >= 0.3 is 0 Å². The van der Waals surface area contributed by atoms with Crippen LogP contribution < -0.4 is 10.1 Å². The molecule has 0 fully saturated rings. The van der Waals surface area contributed by atoms with E-state index in [2.05, 4.69) is 5.32 Å². The van der Waals surface area contributed by atoms with Gasteiger partial charge in [-0.25, -0.2) is 4.68 Å². The Labute approximate surface area is 174 Å². The van der Waals surface area contributed by atoms with Crippen LogP contribution in [0.5, 0.6) is 5.75 Å². The monoisotopic (exact) mass is 395 g/mol. The Kier molecular flexibility index (Phi) is 4.77. The van der Waals surface area contributed by atoms with Gasteiger partial charge in [-0.2, -0.15) is 5.10 Å². The van der Waals surface area contributed by atoms with Crippen molar-refractivity contribution in [1.29, 1.82) is 0 Å². The second-order valence-electron chi connectivity index (χ2n) is 7.24. The van der Waals surface area contributed by atoms with Gasteiger partial charge in [0.1, 0.15) is 11.4 Å². The number of hydrogen-bond acceptors (Lipinski definition) is 3. The second kappa shape index (κ2) is 7.87. The molecule has 30 heavy (non-hydrogen) atoms. The van der Waals surface area contributed by atoms with Gasteiger partial charge in [0.15, 0.2) is 0 Å². The molecule has 1 N–H and O–H groups in total. The van der Waals surface area contributed by atoms with Crippen molar-refractivity contribution in [2.75, 3.05) is 6.61 Å². The maximum atomic E-state index is 13.4. The van der Waals surface area contributed by atoms with Gasteiger partial charge in [0, 0.05) is 23.7 Å². The highest BCUT2D eigenvalue weighted by Gasteiger charge is 2.25. The molecule has 5 nitrogen and oxygen atoms in total. The van der Waals surface area contributed by atoms with Gasteiger partial charge in [0.25, 0.3) is 5.91 Å². The average molecular weight is 395 g/mol. The van der Waals surface area contributed by atoms with Crippen LogP contribution >= 0.6 is 0 Å². The SMILES string of the molecule is O=C(N[C@@H]1CCOc2ccccc21)c1cn(-c2ccccc2)nc1-c1ccccc1. The molecule has 0 unspecified atom stereocenters. The molecule has 1 amide bonds. The molecule has 1 atom stereocenters. The number of rotatable bonds is 4. The number of para-hydroxylation sites is 2. The topological polar surface area (TPSA) is 56.1 Å². The zero-order valence-electron chi connectivity index (χ0n) is 16.4. The van der Waals surface area contributed by atoms with Crippen LogP contribution in [0, 0.1) is 0 Å². The van der Waals surface area contributed by atoms with E-state index in [1.807, 2.05) is 84.9 Å². The van der Waals surface area contributed by atoms with Crippen molar-refractivity contribution in [3.8, 4) is 22.7 Å². The third kappa shape index (κ3) is 3.46. The fourth-order valence-electron chi connectivity index (χ4n) is 3.79. The molecule has 1 aliphatic rings. The van der Waals surface area contributed by atoms with E-state index in [1.54, 1.807) is 10.9 Å². The first-order valence-electron chi connectivity index (χ1n) is 10.0. The molecular weight excluding hydrogens is 374 g/mol. The molecule has 3 aromatic carbocycles. The van der Waals surface area contributed by atoms with Crippen LogP contribution in [0.4, 0.5) is 0 Å². The van der Waals surface area contributed by atoms with E-state index in [-0.39, 0.29) is 11.9 Å². The van der Waals surface area contributed by atoms with Gasteiger partial charge in [-0.1, -0.05) is 66.7 Å². The number of aromatic nitrogens is 2. The molecule has 0 radical (unpaired) electrons. The van der Waals surface area contributed by atoms with Crippen LogP contribution in [0.3, 0.4) is 0 Å². The molecular formula is C25H21N3O2. The van der Waals surface area contributed by atoms with Crippen molar-refractivity contribution < 1.29 is 9.53 Å². The first kappa shape index (κ1) is 18.2. The number of ether oxygens (including phenoxy) is 1. The minimum atomic E-state index is -0.141. The molecule has 148 valence electrons. The molecule has 5 heteroatoms. The molecule has 4 aromatic rings. The fourth-order valence-corrected chi connectivity index (χ4v) is 3.79. The van der Waals surface area contributed by atoms with E-state index in [0.29, 0.717) is 17.9 Å². The number of nitrogens with one attached hydrogen (secondary N) is 1. The van der Waals surface area contributed by atoms with Crippen molar-refractivity contribution in [3.63, 3.8) is 0 Å². The minimum absolute atomic E-state index is 0.0915. The van der Waals surface area contributed by atoms with Crippen molar-refractivity contribution in [3.05, 3.63) is 102 Å². The maximum Gasteiger partial charge on any atom is 0.255 e.